The van der Waals surface area contributed by atoms with Crippen molar-refractivity contribution in [2.75, 3.05) is 59.5 Å². The van der Waals surface area contributed by atoms with Crippen molar-refractivity contribution in [3.63, 3.8) is 0 Å². The van der Waals surface area contributed by atoms with Crippen LogP contribution in [0.2, 0.25) is 0 Å². The lowest BCUT2D eigenvalue weighted by molar-refractivity contribution is -0.137. The van der Waals surface area contributed by atoms with Crippen molar-refractivity contribution in [2.24, 2.45) is 5.92 Å². The van der Waals surface area contributed by atoms with Crippen LogP contribution in [-0.4, -0.2) is 80.1 Å². The Morgan fingerprint density at radius 1 is 1.19 bits per heavy atom. The van der Waals surface area contributed by atoms with Gasteiger partial charge >= 0.3 is 0 Å². The summed E-state index contributed by atoms with van der Waals surface area (Å²) < 4.78 is 5.13. The molecular weight excluding hydrogens is 328 g/mol. The van der Waals surface area contributed by atoms with Crippen molar-refractivity contribution >= 4 is 5.91 Å². The van der Waals surface area contributed by atoms with E-state index >= 15 is 0 Å². The maximum atomic E-state index is 12.8. The van der Waals surface area contributed by atoms with Crippen LogP contribution >= 0.6 is 0 Å². The van der Waals surface area contributed by atoms with Gasteiger partial charge in [-0.15, -0.1) is 0 Å². The monoisotopic (exact) mass is 356 g/mol. The third-order valence-electron chi connectivity index (χ3n) is 5.45. The zero-order valence-corrected chi connectivity index (χ0v) is 15.6. The lowest BCUT2D eigenvalue weighted by Gasteiger charge is -2.36. The second-order valence-corrected chi connectivity index (χ2v) is 7.15. The molecule has 2 saturated heterocycles. The van der Waals surface area contributed by atoms with Gasteiger partial charge in [0.1, 0.15) is 0 Å². The Morgan fingerprint density at radius 3 is 2.69 bits per heavy atom. The zero-order valence-electron chi connectivity index (χ0n) is 15.6. The molecule has 2 heterocycles. The van der Waals surface area contributed by atoms with Gasteiger partial charge in [0.05, 0.1) is 24.2 Å². The van der Waals surface area contributed by atoms with E-state index in [4.69, 9.17) is 4.74 Å². The van der Waals surface area contributed by atoms with Crippen LogP contribution in [-0.2, 0) is 16.1 Å². The molecule has 1 aromatic carbocycles. The largest absolute Gasteiger partial charge is 0.383 e. The van der Waals surface area contributed by atoms with Gasteiger partial charge in [-0.3, -0.25) is 9.69 Å². The molecule has 1 aromatic rings. The Labute approximate surface area is 155 Å². The van der Waals surface area contributed by atoms with E-state index in [0.717, 1.165) is 76.5 Å². The first-order valence-corrected chi connectivity index (χ1v) is 9.41. The SMILES string of the molecule is COCCN1CC[C@H](C(=O)N2CCN(Cc3ccccc3C#N)CC2)C1. The molecule has 2 aliphatic rings. The zero-order chi connectivity index (χ0) is 18.4. The first kappa shape index (κ1) is 18.8. The minimum absolute atomic E-state index is 0.137. The number of nitriles is 1. The van der Waals surface area contributed by atoms with Gasteiger partial charge in [-0.25, -0.2) is 0 Å². The molecule has 3 rings (SSSR count). The van der Waals surface area contributed by atoms with Gasteiger partial charge in [0, 0.05) is 52.9 Å². The lowest BCUT2D eigenvalue weighted by Crippen LogP contribution is -2.50. The van der Waals surface area contributed by atoms with Crippen molar-refractivity contribution in [3.8, 4) is 6.07 Å². The summed E-state index contributed by atoms with van der Waals surface area (Å²) in [6.45, 7) is 7.56. The summed E-state index contributed by atoms with van der Waals surface area (Å²) >= 11 is 0. The van der Waals surface area contributed by atoms with Crippen LogP contribution in [0.3, 0.4) is 0 Å². The minimum Gasteiger partial charge on any atom is -0.383 e. The van der Waals surface area contributed by atoms with Crippen molar-refractivity contribution in [2.45, 2.75) is 13.0 Å². The highest BCUT2D eigenvalue weighted by molar-refractivity contribution is 5.79. The fourth-order valence-electron chi connectivity index (χ4n) is 3.85. The Bertz CT molecular complexity index is 649. The van der Waals surface area contributed by atoms with E-state index in [1.165, 1.54) is 0 Å². The average molecular weight is 356 g/mol. The predicted octanol–water partition coefficient (Wildman–Crippen LogP) is 1.17. The molecular formula is C20H28N4O2. The number of methoxy groups -OCH3 is 1. The molecule has 0 bridgehead atoms. The summed E-state index contributed by atoms with van der Waals surface area (Å²) in [5.74, 6) is 0.444. The van der Waals surface area contributed by atoms with Crippen LogP contribution in [0.25, 0.3) is 0 Å². The van der Waals surface area contributed by atoms with E-state index < -0.39 is 0 Å². The van der Waals surface area contributed by atoms with Gasteiger partial charge in [-0.1, -0.05) is 18.2 Å². The summed E-state index contributed by atoms with van der Waals surface area (Å²) in [7, 11) is 1.72. The maximum Gasteiger partial charge on any atom is 0.227 e. The molecule has 0 N–H and O–H groups in total. The topological polar surface area (TPSA) is 59.8 Å². The van der Waals surface area contributed by atoms with Gasteiger partial charge in [-0.2, -0.15) is 5.26 Å². The number of carbonyl (C=O) groups excluding carboxylic acids is 1. The molecule has 6 heteroatoms. The normalized spacial score (nSPS) is 21.7. The second-order valence-electron chi connectivity index (χ2n) is 7.15. The van der Waals surface area contributed by atoms with Crippen molar-refractivity contribution < 1.29 is 9.53 Å². The summed E-state index contributed by atoms with van der Waals surface area (Å²) in [4.78, 5) is 19.5. The third kappa shape index (κ3) is 4.61. The smallest absolute Gasteiger partial charge is 0.227 e. The number of benzene rings is 1. The van der Waals surface area contributed by atoms with Crippen molar-refractivity contribution in [1.29, 1.82) is 5.26 Å². The van der Waals surface area contributed by atoms with Crippen LogP contribution in [0.5, 0.6) is 0 Å². The molecule has 2 aliphatic heterocycles. The quantitative estimate of drug-likeness (QED) is 0.766. The van der Waals surface area contributed by atoms with Gasteiger partial charge < -0.3 is 14.5 Å². The van der Waals surface area contributed by atoms with Crippen LogP contribution in [0.15, 0.2) is 24.3 Å². The fraction of sp³-hybridized carbons (Fsp3) is 0.600. The van der Waals surface area contributed by atoms with E-state index in [1.54, 1.807) is 7.11 Å². The van der Waals surface area contributed by atoms with Gasteiger partial charge in [0.15, 0.2) is 0 Å². The summed E-state index contributed by atoms with van der Waals surface area (Å²) in [5.41, 5.74) is 1.81. The highest BCUT2D eigenvalue weighted by atomic mass is 16.5. The van der Waals surface area contributed by atoms with E-state index in [9.17, 15) is 10.1 Å². The van der Waals surface area contributed by atoms with Crippen molar-refractivity contribution in [3.05, 3.63) is 35.4 Å². The number of rotatable bonds is 6. The molecule has 0 unspecified atom stereocenters. The fourth-order valence-corrected chi connectivity index (χ4v) is 3.85. The van der Waals surface area contributed by atoms with Gasteiger partial charge in [-0.05, 0) is 24.6 Å². The molecule has 2 fully saturated rings. The average Bonchev–Trinajstić information content (AvgIpc) is 3.16. The summed E-state index contributed by atoms with van der Waals surface area (Å²) in [5, 5.41) is 9.23. The van der Waals surface area contributed by atoms with Crippen LogP contribution in [0.1, 0.15) is 17.5 Å². The van der Waals surface area contributed by atoms with E-state index in [2.05, 4.69) is 15.9 Å². The third-order valence-corrected chi connectivity index (χ3v) is 5.45. The predicted molar refractivity (Wildman–Crippen MR) is 99.4 cm³/mol. The van der Waals surface area contributed by atoms with Gasteiger partial charge in [0.25, 0.3) is 0 Å². The van der Waals surface area contributed by atoms with E-state index in [1.807, 2.05) is 29.2 Å². The van der Waals surface area contributed by atoms with Crippen molar-refractivity contribution in [1.82, 2.24) is 14.7 Å². The summed E-state index contributed by atoms with van der Waals surface area (Å²) in [6.07, 6.45) is 0.957. The molecule has 26 heavy (non-hydrogen) atoms. The molecule has 0 aliphatic carbocycles. The van der Waals surface area contributed by atoms with Crippen LogP contribution in [0.4, 0.5) is 0 Å². The number of hydrogen-bond donors (Lipinski definition) is 0. The number of carbonyl (C=O) groups is 1. The maximum absolute atomic E-state index is 12.8. The molecule has 140 valence electrons. The van der Waals surface area contributed by atoms with Gasteiger partial charge in [0.2, 0.25) is 5.91 Å². The number of hydrogen-bond acceptors (Lipinski definition) is 5. The Kier molecular flexibility index (Phi) is 6.62. The first-order chi connectivity index (χ1) is 12.7. The first-order valence-electron chi connectivity index (χ1n) is 9.41. The molecule has 0 spiro atoms. The Morgan fingerprint density at radius 2 is 1.96 bits per heavy atom. The standard InChI is InChI=1S/C20H28N4O2/c1-26-13-12-22-7-6-19(16-22)20(25)24-10-8-23(9-11-24)15-18-5-3-2-4-17(18)14-21/h2-5,19H,6-13,15-16H2,1H3/t19-/m0/s1. The number of ether oxygens (including phenoxy) is 1. The molecule has 0 radical (unpaired) electrons. The molecule has 0 saturated carbocycles. The second kappa shape index (κ2) is 9.13. The lowest BCUT2D eigenvalue weighted by atomic mass is 10.1. The highest BCUT2D eigenvalue weighted by Crippen LogP contribution is 2.20. The molecule has 1 amide bonds. The molecule has 1 atom stereocenters. The number of likely N-dealkylation sites (tertiary alicyclic amines) is 1. The molecule has 0 aromatic heterocycles. The number of piperazine rings is 1. The molecule has 6 nitrogen and oxygen atoms in total. The Hall–Kier alpha value is -1.94. The van der Waals surface area contributed by atoms with Crippen LogP contribution < -0.4 is 0 Å². The van der Waals surface area contributed by atoms with E-state index in [0.29, 0.717) is 5.91 Å². The highest BCUT2D eigenvalue weighted by Gasteiger charge is 2.32. The summed E-state index contributed by atoms with van der Waals surface area (Å²) in [6, 6.07) is 10.0. The van der Waals surface area contributed by atoms with E-state index in [-0.39, 0.29) is 5.92 Å². The minimum atomic E-state index is 0.137. The number of amides is 1. The number of nitrogens with zero attached hydrogens (tertiary/aromatic N) is 4. The Balaban J connectivity index is 1.46. The van der Waals surface area contributed by atoms with Crippen LogP contribution in [0, 0.1) is 17.2 Å².